The van der Waals surface area contributed by atoms with Crippen molar-refractivity contribution in [1.29, 1.82) is 0 Å². The predicted molar refractivity (Wildman–Crippen MR) is 195 cm³/mol. The Bertz CT molecular complexity index is 2320. The summed E-state index contributed by atoms with van der Waals surface area (Å²) in [6.07, 6.45) is 14.5. The first-order valence-corrected chi connectivity index (χ1v) is 17.4. The molecule has 1 aliphatic heterocycles. The number of hydrogen-bond acceptors (Lipinski definition) is 9. The van der Waals surface area contributed by atoms with E-state index in [-0.39, 0.29) is 0 Å². The van der Waals surface area contributed by atoms with E-state index in [1.165, 1.54) is 0 Å². The van der Waals surface area contributed by atoms with Gasteiger partial charge in [0.15, 0.2) is 0 Å². The molecule has 49 heavy (non-hydrogen) atoms. The third kappa shape index (κ3) is 4.83. The molecule has 10 nitrogen and oxygen atoms in total. The van der Waals surface area contributed by atoms with Gasteiger partial charge in [-0.1, -0.05) is 54.2 Å². The van der Waals surface area contributed by atoms with E-state index in [1.807, 2.05) is 49.1 Å². The fraction of sp³-hybridized carbons (Fsp3) is 0.0541. The fourth-order valence-corrected chi connectivity index (χ4v) is 9.06. The van der Waals surface area contributed by atoms with Gasteiger partial charge in [-0.3, -0.25) is 25.0 Å². The van der Waals surface area contributed by atoms with E-state index in [9.17, 15) is 0 Å². The van der Waals surface area contributed by atoms with Crippen LogP contribution in [0.15, 0.2) is 151 Å². The van der Waals surface area contributed by atoms with Crippen LogP contribution in [0.1, 0.15) is 28.9 Å². The Morgan fingerprint density at radius 3 is 2.45 bits per heavy atom. The third-order valence-corrected chi connectivity index (χ3v) is 10.9. The number of rotatable bonds is 8. The van der Waals surface area contributed by atoms with Crippen LogP contribution >= 0.6 is 23.1 Å². The lowest BCUT2D eigenvalue weighted by molar-refractivity contribution is 0.510. The maximum absolute atomic E-state index is 5.13. The van der Waals surface area contributed by atoms with Gasteiger partial charge < -0.3 is 14.9 Å². The Hall–Kier alpha value is -5.98. The van der Waals surface area contributed by atoms with Crippen LogP contribution < -0.4 is 9.80 Å². The summed E-state index contributed by atoms with van der Waals surface area (Å²) in [7, 11) is 0. The van der Waals surface area contributed by atoms with Crippen LogP contribution in [0.5, 0.6) is 0 Å². The minimum atomic E-state index is -1.10. The van der Waals surface area contributed by atoms with Crippen molar-refractivity contribution in [3.8, 4) is 0 Å². The van der Waals surface area contributed by atoms with E-state index in [0.717, 1.165) is 54.8 Å². The SMILES string of the molecule is c1ccc(C2C(c3ncc[nH]3)=C(c3ccn[nH]3)N(c3ccc[nH]3)C(Sc3cccc4ccccc34)(c3cnccn3)N2c2cccs2)nc1. The van der Waals surface area contributed by atoms with Gasteiger partial charge in [-0.15, -0.1) is 11.3 Å². The third-order valence-electron chi connectivity index (χ3n) is 8.58. The van der Waals surface area contributed by atoms with Gasteiger partial charge in [0, 0.05) is 53.8 Å². The molecule has 0 spiro atoms. The lowest BCUT2D eigenvalue weighted by Gasteiger charge is -2.57. The van der Waals surface area contributed by atoms with Gasteiger partial charge in [-0.2, -0.15) is 5.10 Å². The minimum Gasteiger partial charge on any atom is -0.348 e. The molecule has 0 bridgehead atoms. The summed E-state index contributed by atoms with van der Waals surface area (Å²) in [6.45, 7) is 0. The van der Waals surface area contributed by atoms with E-state index in [1.54, 1.807) is 47.9 Å². The van der Waals surface area contributed by atoms with Gasteiger partial charge in [-0.05, 0) is 64.7 Å². The first-order chi connectivity index (χ1) is 24.3. The van der Waals surface area contributed by atoms with E-state index < -0.39 is 11.0 Å². The van der Waals surface area contributed by atoms with Crippen molar-refractivity contribution in [3.05, 3.63) is 169 Å². The number of pyridine rings is 1. The standard InChI is InChI=1S/C37H28N10S2/c1-2-10-26-25(8-1)9-5-12-29(26)49-37(30-24-38-19-20-40-30)46(31-13-6-17-41-31)35(28-15-18-44-45-28)33(36-42-21-22-43-36)34(27-11-3-4-16-39-27)47(37)32-14-7-23-48-32/h1-24,34,41H,(H,42,43)(H,44,45). The highest BCUT2D eigenvalue weighted by atomic mass is 32.2. The van der Waals surface area contributed by atoms with Crippen LogP contribution in [-0.2, 0) is 4.99 Å². The highest BCUT2D eigenvalue weighted by molar-refractivity contribution is 8.00. The topological polar surface area (TPSA) is 118 Å². The van der Waals surface area contributed by atoms with Crippen molar-refractivity contribution >= 4 is 56.0 Å². The number of fused-ring (bicyclic) bond motifs is 1. The molecular formula is C37H28N10S2. The van der Waals surface area contributed by atoms with Crippen molar-refractivity contribution in [3.63, 3.8) is 0 Å². The van der Waals surface area contributed by atoms with Crippen LogP contribution in [0, 0.1) is 0 Å². The minimum absolute atomic E-state index is 0.458. The Morgan fingerprint density at radius 2 is 1.69 bits per heavy atom. The van der Waals surface area contributed by atoms with Crippen molar-refractivity contribution in [2.45, 2.75) is 15.9 Å². The van der Waals surface area contributed by atoms with E-state index in [2.05, 4.69) is 107 Å². The van der Waals surface area contributed by atoms with Crippen molar-refractivity contribution < 1.29 is 0 Å². The predicted octanol–water partition coefficient (Wildman–Crippen LogP) is 8.10. The van der Waals surface area contributed by atoms with Gasteiger partial charge in [0.1, 0.15) is 23.4 Å². The first-order valence-electron chi connectivity index (χ1n) is 15.7. The second kappa shape index (κ2) is 12.2. The number of anilines is 2. The maximum Gasteiger partial charge on any atom is 0.219 e. The molecule has 1 aliphatic rings. The zero-order chi connectivity index (χ0) is 32.6. The zero-order valence-corrected chi connectivity index (χ0v) is 27.5. The lowest BCUT2D eigenvalue weighted by Crippen LogP contribution is -2.61. The molecule has 6 aromatic heterocycles. The average Bonchev–Trinajstić information content (AvgIpc) is 4.01. The molecule has 0 aliphatic carbocycles. The summed E-state index contributed by atoms with van der Waals surface area (Å²) >= 11 is 3.38. The highest BCUT2D eigenvalue weighted by Gasteiger charge is 2.58. The number of aromatic nitrogens is 8. The summed E-state index contributed by atoms with van der Waals surface area (Å²) in [5.74, 6) is 1.55. The van der Waals surface area contributed by atoms with Gasteiger partial charge in [0.05, 0.1) is 28.3 Å². The number of hydrogen-bond donors (Lipinski definition) is 3. The molecule has 0 fully saturated rings. The number of aromatic amines is 3. The van der Waals surface area contributed by atoms with Crippen molar-refractivity contribution in [2.75, 3.05) is 9.80 Å². The summed E-state index contributed by atoms with van der Waals surface area (Å²) in [5.41, 5.74) is 4.15. The van der Waals surface area contributed by atoms with Gasteiger partial charge in [-0.25, -0.2) is 4.98 Å². The Labute approximate surface area is 289 Å². The fourth-order valence-electron chi connectivity index (χ4n) is 6.66. The molecule has 0 saturated carbocycles. The summed E-state index contributed by atoms with van der Waals surface area (Å²) in [6, 6.07) is 30.9. The second-order valence-corrected chi connectivity index (χ2v) is 13.5. The van der Waals surface area contributed by atoms with Crippen LogP contribution in [0.4, 0.5) is 10.8 Å². The average molecular weight is 677 g/mol. The quantitative estimate of drug-likeness (QED) is 0.148. The van der Waals surface area contributed by atoms with Gasteiger partial charge in [0.2, 0.25) is 4.99 Å². The summed E-state index contributed by atoms with van der Waals surface area (Å²) < 4.78 is 0. The molecule has 12 heteroatoms. The summed E-state index contributed by atoms with van der Waals surface area (Å²) in [4.78, 5) is 31.5. The number of nitrogens with zero attached hydrogens (tertiary/aromatic N) is 7. The van der Waals surface area contributed by atoms with Crippen LogP contribution in [0.3, 0.4) is 0 Å². The maximum atomic E-state index is 5.13. The van der Waals surface area contributed by atoms with E-state index >= 15 is 0 Å². The number of H-pyrrole nitrogens is 3. The molecule has 7 heterocycles. The van der Waals surface area contributed by atoms with Crippen molar-refractivity contribution in [1.82, 2.24) is 40.1 Å². The molecular weight excluding hydrogens is 649 g/mol. The van der Waals surface area contributed by atoms with Crippen LogP contribution in [0.2, 0.25) is 0 Å². The molecule has 8 aromatic rings. The van der Waals surface area contributed by atoms with Crippen molar-refractivity contribution in [2.24, 2.45) is 0 Å². The molecule has 2 unspecified atom stereocenters. The molecule has 9 rings (SSSR count). The molecule has 0 amide bonds. The van der Waals surface area contributed by atoms with E-state index in [0.29, 0.717) is 5.82 Å². The molecule has 2 atom stereocenters. The molecule has 0 saturated heterocycles. The molecule has 0 radical (unpaired) electrons. The van der Waals surface area contributed by atoms with Crippen LogP contribution in [-0.4, -0.2) is 40.1 Å². The first kappa shape index (κ1) is 29.2. The Balaban J connectivity index is 1.49. The Morgan fingerprint density at radius 1 is 0.755 bits per heavy atom. The number of thioether (sulfide) groups is 1. The number of imidazole rings is 1. The normalized spacial score (nSPS) is 18.0. The summed E-state index contributed by atoms with van der Waals surface area (Å²) in [5, 5.41) is 13.2. The number of thiophene rings is 1. The number of nitrogens with one attached hydrogen (secondary N) is 3. The molecule has 3 N–H and O–H groups in total. The molecule has 2 aromatic carbocycles. The Kier molecular flexibility index (Phi) is 7.29. The highest BCUT2D eigenvalue weighted by Crippen LogP contribution is 2.62. The second-order valence-electron chi connectivity index (χ2n) is 11.3. The van der Waals surface area contributed by atoms with Crippen LogP contribution in [0.25, 0.3) is 22.0 Å². The largest absolute Gasteiger partial charge is 0.348 e. The van der Waals surface area contributed by atoms with Gasteiger partial charge in [0.25, 0.3) is 0 Å². The zero-order valence-electron chi connectivity index (χ0n) is 25.9. The van der Waals surface area contributed by atoms with Gasteiger partial charge >= 0.3 is 0 Å². The molecule has 238 valence electrons. The monoisotopic (exact) mass is 676 g/mol. The number of benzene rings is 2. The lowest BCUT2D eigenvalue weighted by atomic mass is 9.91. The smallest absolute Gasteiger partial charge is 0.219 e. The van der Waals surface area contributed by atoms with E-state index in [4.69, 9.17) is 15.0 Å².